The molecule has 0 saturated heterocycles. The van der Waals surface area contributed by atoms with Crippen LogP contribution in [0.2, 0.25) is 0 Å². The van der Waals surface area contributed by atoms with E-state index in [9.17, 15) is 14.0 Å². The number of halogens is 1. The number of methoxy groups -OCH3 is 1. The van der Waals surface area contributed by atoms with Crippen molar-refractivity contribution in [3.63, 3.8) is 0 Å². The molecule has 1 unspecified atom stereocenters. The Kier molecular flexibility index (Phi) is 8.25. The Morgan fingerprint density at radius 3 is 2.44 bits per heavy atom. The van der Waals surface area contributed by atoms with E-state index in [0.717, 1.165) is 12.0 Å². The summed E-state index contributed by atoms with van der Waals surface area (Å²) in [7, 11) is 1.58. The van der Waals surface area contributed by atoms with Gasteiger partial charge in [-0.25, -0.2) is 4.39 Å². The van der Waals surface area contributed by atoms with E-state index in [0.29, 0.717) is 30.2 Å². The zero-order valence-electron chi connectivity index (χ0n) is 20.8. The van der Waals surface area contributed by atoms with E-state index in [1.54, 1.807) is 59.7 Å². The first-order valence-electron chi connectivity index (χ1n) is 12.0. The highest BCUT2D eigenvalue weighted by Gasteiger charge is 2.33. The van der Waals surface area contributed by atoms with Crippen molar-refractivity contribution in [3.05, 3.63) is 81.8 Å². The summed E-state index contributed by atoms with van der Waals surface area (Å²) in [6.45, 7) is 5.29. The molecule has 1 aromatic heterocycles. The van der Waals surface area contributed by atoms with E-state index in [1.807, 2.05) is 30.2 Å². The molecule has 4 rings (SSSR count). The van der Waals surface area contributed by atoms with Crippen molar-refractivity contribution in [2.75, 3.05) is 33.4 Å². The molecule has 2 aromatic carbocycles. The number of carbonyl (C=O) groups excluding carboxylic acids is 2. The smallest absolute Gasteiger partial charge is 0.254 e. The molecule has 190 valence electrons. The first-order chi connectivity index (χ1) is 17.4. The first-order valence-corrected chi connectivity index (χ1v) is 12.9. The van der Waals surface area contributed by atoms with Crippen molar-refractivity contribution in [2.45, 2.75) is 26.3 Å². The molecule has 0 aliphatic carbocycles. The predicted molar refractivity (Wildman–Crippen MR) is 138 cm³/mol. The normalized spacial score (nSPS) is 14.9. The summed E-state index contributed by atoms with van der Waals surface area (Å²) in [5, 5.41) is 2.03. The van der Waals surface area contributed by atoms with Crippen molar-refractivity contribution < 1.29 is 23.5 Å². The molecule has 0 spiro atoms. The van der Waals surface area contributed by atoms with E-state index in [2.05, 4.69) is 0 Å². The van der Waals surface area contributed by atoms with E-state index in [1.165, 1.54) is 17.0 Å². The predicted octanol–water partition coefficient (Wildman–Crippen LogP) is 5.20. The molecule has 6 nitrogen and oxygen atoms in total. The number of hydrogen-bond acceptors (Lipinski definition) is 5. The minimum atomic E-state index is -0.330. The molecule has 8 heteroatoms. The molecule has 0 fully saturated rings. The average molecular weight is 511 g/mol. The van der Waals surface area contributed by atoms with Gasteiger partial charge in [0.2, 0.25) is 5.91 Å². The monoisotopic (exact) mass is 510 g/mol. The van der Waals surface area contributed by atoms with Gasteiger partial charge < -0.3 is 19.3 Å². The van der Waals surface area contributed by atoms with E-state index < -0.39 is 0 Å². The van der Waals surface area contributed by atoms with Crippen LogP contribution >= 0.6 is 11.3 Å². The molecular formula is C28H31FN2O4S. The number of nitrogens with zero attached hydrogens (tertiary/aromatic N) is 2. The van der Waals surface area contributed by atoms with Crippen LogP contribution in [0.15, 0.2) is 60.0 Å². The zero-order chi connectivity index (χ0) is 25.7. The Balaban J connectivity index is 1.52. The van der Waals surface area contributed by atoms with Crippen molar-refractivity contribution in [1.29, 1.82) is 0 Å². The highest BCUT2D eigenvalue weighted by molar-refractivity contribution is 7.10. The van der Waals surface area contributed by atoms with Crippen molar-refractivity contribution in [1.82, 2.24) is 9.80 Å². The molecular weight excluding hydrogens is 479 g/mol. The highest BCUT2D eigenvalue weighted by Crippen LogP contribution is 2.34. The van der Waals surface area contributed by atoms with Gasteiger partial charge in [-0.3, -0.25) is 9.59 Å². The summed E-state index contributed by atoms with van der Waals surface area (Å²) in [6, 6.07) is 14.5. The number of amides is 2. The standard InChI is InChI=1S/C28H31FN2O4S/c1-19(2)16-30(28(33)20-4-8-22(34-3)9-5-20)17-27(32)31-14-12-26-24(13-15-36-26)25(31)18-35-23-10-6-21(29)7-11-23/h4-11,13,15,19,25H,12,14,16-18H2,1-3H3. The Morgan fingerprint density at radius 2 is 1.78 bits per heavy atom. The maximum atomic E-state index is 13.6. The SMILES string of the molecule is COc1ccc(C(=O)N(CC(=O)N2CCc3sccc3C2COc2ccc(F)cc2)CC(C)C)cc1. The molecule has 0 N–H and O–H groups in total. The van der Waals surface area contributed by atoms with Gasteiger partial charge in [0.05, 0.1) is 13.2 Å². The Hall–Kier alpha value is -3.39. The maximum absolute atomic E-state index is 13.6. The zero-order valence-corrected chi connectivity index (χ0v) is 21.6. The third-order valence-electron chi connectivity index (χ3n) is 6.17. The summed E-state index contributed by atoms with van der Waals surface area (Å²) < 4.78 is 24.5. The lowest BCUT2D eigenvalue weighted by Crippen LogP contribution is -2.48. The third kappa shape index (κ3) is 6.05. The number of thiophene rings is 1. The molecule has 2 amide bonds. The number of fused-ring (bicyclic) bond motifs is 1. The topological polar surface area (TPSA) is 59.1 Å². The van der Waals surface area contributed by atoms with E-state index >= 15 is 0 Å². The second-order valence-electron chi connectivity index (χ2n) is 9.22. The number of ether oxygens (including phenoxy) is 2. The van der Waals surface area contributed by atoms with E-state index in [-0.39, 0.29) is 42.7 Å². The first kappa shape index (κ1) is 25.7. The van der Waals surface area contributed by atoms with Crippen LogP contribution in [0.3, 0.4) is 0 Å². The molecule has 2 heterocycles. The molecule has 1 atom stereocenters. The Labute approximate surface area is 215 Å². The van der Waals surface area contributed by atoms with Gasteiger partial charge in [-0.2, -0.15) is 0 Å². The molecule has 0 radical (unpaired) electrons. The number of hydrogen-bond donors (Lipinski definition) is 0. The van der Waals surface area contributed by atoms with Gasteiger partial charge in [0.25, 0.3) is 5.91 Å². The molecule has 0 bridgehead atoms. The lowest BCUT2D eigenvalue weighted by atomic mass is 10.00. The van der Waals surface area contributed by atoms with Crippen molar-refractivity contribution in [3.8, 4) is 11.5 Å². The third-order valence-corrected chi connectivity index (χ3v) is 7.17. The van der Waals surface area contributed by atoms with Gasteiger partial charge in [-0.05, 0) is 77.9 Å². The summed E-state index contributed by atoms with van der Waals surface area (Å²) in [5.74, 6) is 0.768. The average Bonchev–Trinajstić information content (AvgIpc) is 3.36. The number of carbonyl (C=O) groups is 2. The van der Waals surface area contributed by atoms with Gasteiger partial charge in [0.1, 0.15) is 30.5 Å². The molecule has 0 saturated carbocycles. The molecule has 36 heavy (non-hydrogen) atoms. The Bertz CT molecular complexity index is 1180. The van der Waals surface area contributed by atoms with Crippen molar-refractivity contribution in [2.24, 2.45) is 5.92 Å². The second-order valence-corrected chi connectivity index (χ2v) is 10.2. The minimum Gasteiger partial charge on any atom is -0.497 e. The van der Waals surface area contributed by atoms with Gasteiger partial charge >= 0.3 is 0 Å². The van der Waals surface area contributed by atoms with E-state index in [4.69, 9.17) is 9.47 Å². The molecule has 1 aliphatic heterocycles. The molecule has 1 aliphatic rings. The highest BCUT2D eigenvalue weighted by atomic mass is 32.1. The summed E-state index contributed by atoms with van der Waals surface area (Å²) in [6.07, 6.45) is 0.766. The Morgan fingerprint density at radius 1 is 1.08 bits per heavy atom. The fourth-order valence-electron chi connectivity index (χ4n) is 4.41. The van der Waals surface area contributed by atoms with Gasteiger partial charge in [0.15, 0.2) is 0 Å². The van der Waals surface area contributed by atoms with Crippen LogP contribution < -0.4 is 9.47 Å². The van der Waals surface area contributed by atoms with Crippen LogP contribution in [0, 0.1) is 11.7 Å². The lowest BCUT2D eigenvalue weighted by molar-refractivity contribution is -0.135. The number of benzene rings is 2. The minimum absolute atomic E-state index is 0.0183. The van der Waals surface area contributed by atoms with Crippen LogP contribution in [-0.2, 0) is 11.2 Å². The largest absolute Gasteiger partial charge is 0.497 e. The molecule has 3 aromatic rings. The van der Waals surface area contributed by atoms with Crippen LogP contribution in [-0.4, -0.2) is 55.0 Å². The van der Waals surface area contributed by atoms with Crippen LogP contribution in [0.4, 0.5) is 4.39 Å². The quantitative estimate of drug-likeness (QED) is 0.397. The lowest BCUT2D eigenvalue weighted by Gasteiger charge is -2.37. The van der Waals surface area contributed by atoms with Crippen molar-refractivity contribution >= 4 is 23.2 Å². The number of rotatable bonds is 9. The fourth-order valence-corrected chi connectivity index (χ4v) is 5.34. The van der Waals surface area contributed by atoms with Crippen LogP contribution in [0.1, 0.15) is 40.7 Å². The van der Waals surface area contributed by atoms with Gasteiger partial charge in [-0.1, -0.05) is 13.8 Å². The fraction of sp³-hybridized carbons (Fsp3) is 0.357. The second kappa shape index (κ2) is 11.6. The summed E-state index contributed by atoms with van der Waals surface area (Å²) in [5.41, 5.74) is 1.58. The summed E-state index contributed by atoms with van der Waals surface area (Å²) >= 11 is 1.68. The summed E-state index contributed by atoms with van der Waals surface area (Å²) in [4.78, 5) is 31.6. The maximum Gasteiger partial charge on any atom is 0.254 e. The van der Waals surface area contributed by atoms with Crippen LogP contribution in [0.25, 0.3) is 0 Å². The van der Waals surface area contributed by atoms with Crippen LogP contribution in [0.5, 0.6) is 11.5 Å². The van der Waals surface area contributed by atoms with Gasteiger partial charge in [0, 0.05) is 23.5 Å². The van der Waals surface area contributed by atoms with Gasteiger partial charge in [-0.15, -0.1) is 11.3 Å².